The predicted octanol–water partition coefficient (Wildman–Crippen LogP) is 7.27. The second-order valence-electron chi connectivity index (χ2n) is 14.6. The van der Waals surface area contributed by atoms with E-state index in [4.69, 9.17) is 9.47 Å². The number of aliphatic hydroxyl groups is 1. The number of hydrogen-bond acceptors (Lipinski definition) is 6. The number of methoxy groups -OCH3 is 1. The first kappa shape index (κ1) is 32.7. The Morgan fingerprint density at radius 1 is 0.938 bits per heavy atom. The highest BCUT2D eigenvalue weighted by Gasteiger charge is 2.35. The lowest BCUT2D eigenvalue weighted by Gasteiger charge is -2.36. The number of rotatable bonds is 9. The molecule has 4 fully saturated rings. The second kappa shape index (κ2) is 14.3. The van der Waals surface area contributed by atoms with Gasteiger partial charge >= 0.3 is 6.09 Å². The molecule has 0 bridgehead atoms. The van der Waals surface area contributed by atoms with E-state index in [0.29, 0.717) is 69.6 Å². The molecule has 1 unspecified atom stereocenters. The van der Waals surface area contributed by atoms with Crippen LogP contribution in [0, 0.1) is 18.8 Å². The van der Waals surface area contributed by atoms with Gasteiger partial charge in [0.25, 0.3) is 0 Å². The van der Waals surface area contributed by atoms with Crippen LogP contribution in [-0.4, -0.2) is 70.7 Å². The van der Waals surface area contributed by atoms with Crippen LogP contribution in [-0.2, 0) is 9.53 Å². The molecule has 256 valence electrons. The smallest absolute Gasteiger partial charge is 0.410 e. The summed E-state index contributed by atoms with van der Waals surface area (Å²) in [5.74, 6) is 1.97. The molecular formula is C39H50N4O5. The molecule has 1 aliphatic heterocycles. The number of nitrogens with zero attached hydrogens (tertiary/aromatic N) is 4. The Hall–Kier alpha value is -3.85. The number of aromatic nitrogens is 2. The van der Waals surface area contributed by atoms with Crippen LogP contribution in [0.15, 0.2) is 54.9 Å². The van der Waals surface area contributed by atoms with E-state index in [2.05, 4.69) is 70.3 Å². The summed E-state index contributed by atoms with van der Waals surface area (Å²) in [6.07, 6.45) is 13.2. The third-order valence-electron chi connectivity index (χ3n) is 11.2. The highest BCUT2D eigenvalue weighted by Crippen LogP contribution is 2.40. The highest BCUT2D eigenvalue weighted by atomic mass is 16.6. The molecule has 1 N–H and O–H groups in total. The van der Waals surface area contributed by atoms with Crippen LogP contribution in [0.25, 0.3) is 11.1 Å². The van der Waals surface area contributed by atoms with Crippen molar-refractivity contribution in [1.29, 1.82) is 0 Å². The molecule has 3 aliphatic carbocycles. The van der Waals surface area contributed by atoms with Crippen molar-refractivity contribution in [2.24, 2.45) is 11.8 Å². The molecule has 2 heterocycles. The lowest BCUT2D eigenvalue weighted by molar-refractivity contribution is -0.124. The zero-order valence-electron chi connectivity index (χ0n) is 28.4. The van der Waals surface area contributed by atoms with Crippen molar-refractivity contribution in [3.05, 3.63) is 66.0 Å². The van der Waals surface area contributed by atoms with E-state index < -0.39 is 6.10 Å². The fraction of sp³-hybridized carbons (Fsp3) is 0.564. The lowest BCUT2D eigenvalue weighted by Crippen LogP contribution is -2.42. The first-order valence-corrected chi connectivity index (χ1v) is 18.1. The minimum atomic E-state index is -0.466. The fourth-order valence-corrected chi connectivity index (χ4v) is 8.07. The Balaban J connectivity index is 1.04. The lowest BCUT2D eigenvalue weighted by atomic mass is 9.78. The summed E-state index contributed by atoms with van der Waals surface area (Å²) in [6, 6.07) is 15.5. The van der Waals surface area contributed by atoms with Gasteiger partial charge in [0.05, 0.1) is 25.5 Å². The number of carbonyl (C=O) groups is 2. The number of amides is 2. The Bertz CT molecular complexity index is 1580. The molecule has 4 aliphatic rings. The van der Waals surface area contributed by atoms with Crippen LogP contribution in [0.5, 0.6) is 5.75 Å². The average Bonchev–Trinajstić information content (AvgIpc) is 3.67. The van der Waals surface area contributed by atoms with Gasteiger partial charge in [-0.1, -0.05) is 24.3 Å². The van der Waals surface area contributed by atoms with E-state index >= 15 is 0 Å². The summed E-state index contributed by atoms with van der Waals surface area (Å²) in [6.45, 7) is 3.69. The second-order valence-corrected chi connectivity index (χ2v) is 14.6. The van der Waals surface area contributed by atoms with Crippen LogP contribution in [0.4, 0.5) is 10.5 Å². The first-order chi connectivity index (χ1) is 23.3. The van der Waals surface area contributed by atoms with E-state index in [1.807, 2.05) is 6.20 Å². The fourth-order valence-electron chi connectivity index (χ4n) is 8.07. The standard InChI is InChI=1S/C39H50N4O5/c1-26-20-31(12-17-37(26)47-2)28-8-6-27(7-9-28)23-42(34-5-3-4-30(21-34)32-22-40-43(24-32)33-13-14-33)38(45)29-10-15-36(16-11-29)48-39(46)41-19-18-35(44)25-41/h3-5,12,17,20-22,24,27-29,33,35-36,44H,6-11,13-16,18-19,23,25H2,1-2H3. The van der Waals surface area contributed by atoms with Crippen molar-refractivity contribution in [2.75, 3.05) is 31.6 Å². The van der Waals surface area contributed by atoms with E-state index in [-0.39, 0.29) is 24.0 Å². The topological polar surface area (TPSA) is 97.1 Å². The average molecular weight is 655 g/mol. The molecule has 1 atom stereocenters. The third-order valence-corrected chi connectivity index (χ3v) is 11.2. The Kier molecular flexibility index (Phi) is 9.76. The number of aliphatic hydroxyl groups excluding tert-OH is 1. The van der Waals surface area contributed by atoms with Crippen LogP contribution in [0.2, 0.25) is 0 Å². The molecule has 9 heteroatoms. The van der Waals surface area contributed by atoms with Gasteiger partial charge in [0.2, 0.25) is 5.91 Å². The monoisotopic (exact) mass is 654 g/mol. The number of likely N-dealkylation sites (tertiary alicyclic amines) is 1. The zero-order chi connectivity index (χ0) is 33.2. The normalized spacial score (nSPS) is 25.9. The third kappa shape index (κ3) is 7.41. The van der Waals surface area contributed by atoms with Crippen LogP contribution >= 0.6 is 0 Å². The van der Waals surface area contributed by atoms with Gasteiger partial charge in [-0.3, -0.25) is 9.48 Å². The van der Waals surface area contributed by atoms with Crippen LogP contribution < -0.4 is 9.64 Å². The van der Waals surface area contributed by atoms with Crippen molar-refractivity contribution < 1.29 is 24.2 Å². The largest absolute Gasteiger partial charge is 0.496 e. The molecule has 3 saturated carbocycles. The molecule has 2 aromatic carbocycles. The first-order valence-electron chi connectivity index (χ1n) is 18.1. The van der Waals surface area contributed by atoms with Gasteiger partial charge in [-0.15, -0.1) is 0 Å². The maximum Gasteiger partial charge on any atom is 0.410 e. The minimum absolute atomic E-state index is 0.103. The van der Waals surface area contributed by atoms with Crippen molar-refractivity contribution in [3.63, 3.8) is 0 Å². The molecule has 7 rings (SSSR count). The van der Waals surface area contributed by atoms with Gasteiger partial charge in [-0.2, -0.15) is 5.10 Å². The minimum Gasteiger partial charge on any atom is -0.496 e. The quantitative estimate of drug-likeness (QED) is 0.261. The van der Waals surface area contributed by atoms with Gasteiger partial charge in [0.15, 0.2) is 0 Å². The van der Waals surface area contributed by atoms with E-state index in [0.717, 1.165) is 48.2 Å². The van der Waals surface area contributed by atoms with E-state index in [9.17, 15) is 14.7 Å². The molecule has 3 aromatic rings. The molecule has 0 spiro atoms. The number of hydrogen-bond donors (Lipinski definition) is 1. The number of aryl methyl sites for hydroxylation is 1. The molecular weight excluding hydrogens is 604 g/mol. The molecule has 48 heavy (non-hydrogen) atoms. The maximum atomic E-state index is 14.4. The van der Waals surface area contributed by atoms with Crippen LogP contribution in [0.1, 0.15) is 93.7 Å². The van der Waals surface area contributed by atoms with E-state index in [1.54, 1.807) is 12.0 Å². The van der Waals surface area contributed by atoms with E-state index in [1.165, 1.54) is 24.0 Å². The maximum absolute atomic E-state index is 14.4. The molecule has 1 aromatic heterocycles. The summed E-state index contributed by atoms with van der Waals surface area (Å²) in [7, 11) is 1.72. The van der Waals surface area contributed by atoms with Crippen LogP contribution in [0.3, 0.4) is 0 Å². The zero-order valence-corrected chi connectivity index (χ0v) is 28.4. The van der Waals surface area contributed by atoms with Crippen molar-refractivity contribution >= 4 is 17.7 Å². The summed E-state index contributed by atoms with van der Waals surface area (Å²) in [5.41, 5.74) is 5.68. The molecule has 0 radical (unpaired) electrons. The SMILES string of the molecule is COc1ccc(C2CCC(CN(C(=O)C3CCC(OC(=O)N4CCC(O)C4)CC3)c3cccc(-c4cnn(C5CC5)c4)c3)CC2)cc1C. The number of anilines is 1. The number of β-amino-alcohol motifs (C(OH)–C–C–N with tert-alkyl or cyclic N) is 1. The summed E-state index contributed by atoms with van der Waals surface area (Å²) >= 11 is 0. The number of benzene rings is 2. The van der Waals surface area contributed by atoms with Gasteiger partial charge < -0.3 is 24.4 Å². The summed E-state index contributed by atoms with van der Waals surface area (Å²) < 4.78 is 13.4. The number of carbonyl (C=O) groups excluding carboxylic acids is 2. The molecule has 9 nitrogen and oxygen atoms in total. The van der Waals surface area contributed by atoms with Gasteiger partial charge in [0.1, 0.15) is 11.9 Å². The Labute approximate surface area is 284 Å². The Morgan fingerprint density at radius 3 is 2.42 bits per heavy atom. The highest BCUT2D eigenvalue weighted by molar-refractivity contribution is 5.95. The predicted molar refractivity (Wildman–Crippen MR) is 185 cm³/mol. The molecule has 2 amide bonds. The summed E-state index contributed by atoms with van der Waals surface area (Å²) in [5, 5.41) is 14.4. The van der Waals surface area contributed by atoms with Gasteiger partial charge in [0, 0.05) is 43.0 Å². The van der Waals surface area contributed by atoms with Crippen molar-refractivity contribution in [1.82, 2.24) is 14.7 Å². The van der Waals surface area contributed by atoms with Gasteiger partial charge in [-0.25, -0.2) is 4.79 Å². The molecule has 1 saturated heterocycles. The van der Waals surface area contributed by atoms with Crippen molar-refractivity contribution in [2.45, 2.75) is 102 Å². The van der Waals surface area contributed by atoms with Crippen molar-refractivity contribution in [3.8, 4) is 16.9 Å². The Morgan fingerprint density at radius 2 is 1.73 bits per heavy atom. The summed E-state index contributed by atoms with van der Waals surface area (Å²) in [4.78, 5) is 30.7. The van der Waals surface area contributed by atoms with Gasteiger partial charge in [-0.05, 0) is 124 Å². The number of ether oxygens (including phenoxy) is 2.